The van der Waals surface area contributed by atoms with Gasteiger partial charge in [-0.3, -0.25) is 4.79 Å². The fourth-order valence-corrected chi connectivity index (χ4v) is 3.86. The van der Waals surface area contributed by atoms with E-state index in [1.165, 1.54) is 44.9 Å². The van der Waals surface area contributed by atoms with Gasteiger partial charge in [-0.2, -0.15) is 0 Å². The van der Waals surface area contributed by atoms with Crippen molar-refractivity contribution in [1.29, 1.82) is 0 Å². The molecule has 114 valence electrons. The van der Waals surface area contributed by atoms with Gasteiger partial charge in [0.2, 0.25) is 0 Å². The standard InChI is InChI=1S/C16H24N4O/c1-17-15(21)13-6-7-14(19-18-13)20-11-5-10-16(12-20)8-3-2-4-9-16/h6-7H,2-5,8-12H2,1H3,(H,17,21). The molecule has 2 aliphatic rings. The summed E-state index contributed by atoms with van der Waals surface area (Å²) in [5.74, 6) is 0.726. The molecule has 1 amide bonds. The summed E-state index contributed by atoms with van der Waals surface area (Å²) < 4.78 is 0. The van der Waals surface area contributed by atoms with Gasteiger partial charge in [-0.25, -0.2) is 0 Å². The number of rotatable bonds is 2. The maximum absolute atomic E-state index is 11.5. The Balaban J connectivity index is 1.72. The summed E-state index contributed by atoms with van der Waals surface area (Å²) in [4.78, 5) is 13.9. The summed E-state index contributed by atoms with van der Waals surface area (Å²) in [6, 6.07) is 3.70. The lowest BCUT2D eigenvalue weighted by molar-refractivity contribution is 0.0957. The van der Waals surface area contributed by atoms with Gasteiger partial charge in [-0.1, -0.05) is 19.3 Å². The number of amides is 1. The van der Waals surface area contributed by atoms with Gasteiger partial charge in [0.15, 0.2) is 11.5 Å². The van der Waals surface area contributed by atoms with Crippen LogP contribution in [0.25, 0.3) is 0 Å². The van der Waals surface area contributed by atoms with Crippen molar-refractivity contribution in [3.63, 3.8) is 0 Å². The van der Waals surface area contributed by atoms with Crippen molar-refractivity contribution in [3.05, 3.63) is 17.8 Å². The zero-order valence-electron chi connectivity index (χ0n) is 12.8. The van der Waals surface area contributed by atoms with Crippen molar-refractivity contribution in [2.24, 2.45) is 5.41 Å². The van der Waals surface area contributed by atoms with Gasteiger partial charge in [0.05, 0.1) is 0 Å². The van der Waals surface area contributed by atoms with E-state index in [1.54, 1.807) is 13.1 Å². The molecule has 0 radical (unpaired) electrons. The Morgan fingerprint density at radius 1 is 1.14 bits per heavy atom. The molecule has 21 heavy (non-hydrogen) atoms. The topological polar surface area (TPSA) is 58.1 Å². The molecule has 0 unspecified atom stereocenters. The number of anilines is 1. The molecule has 3 rings (SSSR count). The van der Waals surface area contributed by atoms with Gasteiger partial charge in [0.1, 0.15) is 0 Å². The first-order valence-corrected chi connectivity index (χ1v) is 8.03. The van der Waals surface area contributed by atoms with Crippen molar-refractivity contribution in [3.8, 4) is 0 Å². The quantitative estimate of drug-likeness (QED) is 0.908. The lowest BCUT2D eigenvalue weighted by Gasteiger charge is -2.45. The predicted molar refractivity (Wildman–Crippen MR) is 82.4 cm³/mol. The zero-order chi connectivity index (χ0) is 14.7. The molecule has 1 aromatic heterocycles. The van der Waals surface area contributed by atoms with Crippen LogP contribution in [0.4, 0.5) is 5.82 Å². The molecule has 2 heterocycles. The SMILES string of the molecule is CNC(=O)c1ccc(N2CCCC3(CCCCC3)C2)nn1. The third-order valence-corrected chi connectivity index (χ3v) is 5.01. The van der Waals surface area contributed by atoms with Crippen LogP contribution in [0.15, 0.2) is 12.1 Å². The number of nitrogens with zero attached hydrogens (tertiary/aromatic N) is 3. The van der Waals surface area contributed by atoms with Crippen LogP contribution < -0.4 is 10.2 Å². The first kappa shape index (κ1) is 14.3. The number of carbonyl (C=O) groups is 1. The van der Waals surface area contributed by atoms with Crippen molar-refractivity contribution in [2.45, 2.75) is 44.9 Å². The molecular formula is C16H24N4O. The Morgan fingerprint density at radius 2 is 1.90 bits per heavy atom. The average Bonchev–Trinajstić information content (AvgIpc) is 2.55. The molecule has 2 fully saturated rings. The first-order chi connectivity index (χ1) is 10.2. The minimum Gasteiger partial charge on any atom is -0.355 e. The number of carbonyl (C=O) groups excluding carboxylic acids is 1. The van der Waals surface area contributed by atoms with E-state index in [1.807, 2.05) is 6.07 Å². The summed E-state index contributed by atoms with van der Waals surface area (Å²) in [7, 11) is 1.61. The highest BCUT2D eigenvalue weighted by molar-refractivity contribution is 5.91. The van der Waals surface area contributed by atoms with E-state index < -0.39 is 0 Å². The van der Waals surface area contributed by atoms with Crippen LogP contribution in [0.5, 0.6) is 0 Å². The second-order valence-electron chi connectivity index (χ2n) is 6.44. The lowest BCUT2D eigenvalue weighted by Crippen LogP contribution is -2.44. The number of piperidine rings is 1. The second-order valence-corrected chi connectivity index (χ2v) is 6.44. The molecule has 0 aromatic carbocycles. The summed E-state index contributed by atoms with van der Waals surface area (Å²) in [6.45, 7) is 2.15. The lowest BCUT2D eigenvalue weighted by atomic mass is 9.69. The zero-order valence-corrected chi connectivity index (χ0v) is 12.8. The molecule has 0 atom stereocenters. The van der Waals surface area contributed by atoms with E-state index >= 15 is 0 Å². The minimum absolute atomic E-state index is 0.184. The third-order valence-electron chi connectivity index (χ3n) is 5.01. The highest BCUT2D eigenvalue weighted by Crippen LogP contribution is 2.43. The highest BCUT2D eigenvalue weighted by Gasteiger charge is 2.36. The maximum atomic E-state index is 11.5. The molecule has 1 spiro atoms. The predicted octanol–water partition coefficient (Wildman–Crippen LogP) is 2.39. The number of hydrogen-bond acceptors (Lipinski definition) is 4. The number of hydrogen-bond donors (Lipinski definition) is 1. The Labute approximate surface area is 126 Å². The molecule has 1 N–H and O–H groups in total. The van der Waals surface area contributed by atoms with Crippen LogP contribution in [-0.4, -0.2) is 36.2 Å². The number of aromatic nitrogens is 2. The normalized spacial score (nSPS) is 21.3. The Hall–Kier alpha value is -1.65. The van der Waals surface area contributed by atoms with Crippen LogP contribution in [0, 0.1) is 5.41 Å². The summed E-state index contributed by atoms with van der Waals surface area (Å²) in [5.41, 5.74) is 0.878. The monoisotopic (exact) mass is 288 g/mol. The molecule has 1 aliphatic carbocycles. The van der Waals surface area contributed by atoms with E-state index in [-0.39, 0.29) is 5.91 Å². The van der Waals surface area contributed by atoms with Gasteiger partial charge in [0.25, 0.3) is 5.91 Å². The smallest absolute Gasteiger partial charge is 0.271 e. The van der Waals surface area contributed by atoms with Gasteiger partial charge in [-0.15, -0.1) is 10.2 Å². The minimum atomic E-state index is -0.184. The van der Waals surface area contributed by atoms with Gasteiger partial charge < -0.3 is 10.2 Å². The van der Waals surface area contributed by atoms with E-state index in [4.69, 9.17) is 0 Å². The first-order valence-electron chi connectivity index (χ1n) is 8.03. The van der Waals surface area contributed by atoms with Crippen molar-refractivity contribution >= 4 is 11.7 Å². The van der Waals surface area contributed by atoms with Crippen LogP contribution in [-0.2, 0) is 0 Å². The molecule has 1 aromatic rings. The molecule has 1 saturated carbocycles. The van der Waals surface area contributed by atoms with Crippen LogP contribution in [0.3, 0.4) is 0 Å². The molecule has 1 aliphatic heterocycles. The van der Waals surface area contributed by atoms with Gasteiger partial charge in [0, 0.05) is 20.1 Å². The van der Waals surface area contributed by atoms with E-state index in [9.17, 15) is 4.79 Å². The average molecular weight is 288 g/mol. The van der Waals surface area contributed by atoms with Gasteiger partial charge >= 0.3 is 0 Å². The van der Waals surface area contributed by atoms with Crippen LogP contribution >= 0.6 is 0 Å². The molecule has 0 bridgehead atoms. The summed E-state index contributed by atoms with van der Waals surface area (Å²) in [5, 5.41) is 10.9. The van der Waals surface area contributed by atoms with Crippen LogP contribution in [0.1, 0.15) is 55.4 Å². The van der Waals surface area contributed by atoms with E-state index in [2.05, 4.69) is 20.4 Å². The Kier molecular flexibility index (Phi) is 4.08. The van der Waals surface area contributed by atoms with E-state index in [0.717, 1.165) is 18.9 Å². The second kappa shape index (κ2) is 6.00. The summed E-state index contributed by atoms with van der Waals surface area (Å²) in [6.07, 6.45) is 9.43. The van der Waals surface area contributed by atoms with Gasteiger partial charge in [-0.05, 0) is 43.2 Å². The largest absolute Gasteiger partial charge is 0.355 e. The Morgan fingerprint density at radius 3 is 2.57 bits per heavy atom. The Bertz CT molecular complexity index is 488. The van der Waals surface area contributed by atoms with E-state index in [0.29, 0.717) is 11.1 Å². The van der Waals surface area contributed by atoms with Crippen molar-refractivity contribution in [1.82, 2.24) is 15.5 Å². The highest BCUT2D eigenvalue weighted by atomic mass is 16.1. The summed E-state index contributed by atoms with van der Waals surface area (Å²) >= 11 is 0. The molecule has 1 saturated heterocycles. The molecule has 5 nitrogen and oxygen atoms in total. The molecular weight excluding hydrogens is 264 g/mol. The fourth-order valence-electron chi connectivity index (χ4n) is 3.86. The van der Waals surface area contributed by atoms with Crippen molar-refractivity contribution < 1.29 is 4.79 Å². The fraction of sp³-hybridized carbons (Fsp3) is 0.688. The molecule has 5 heteroatoms. The number of nitrogens with one attached hydrogen (secondary N) is 1. The maximum Gasteiger partial charge on any atom is 0.271 e. The third kappa shape index (κ3) is 3.01. The van der Waals surface area contributed by atoms with Crippen LogP contribution in [0.2, 0.25) is 0 Å². The van der Waals surface area contributed by atoms with Crippen molar-refractivity contribution in [2.75, 3.05) is 25.0 Å².